The first-order chi connectivity index (χ1) is 13.5. The summed E-state index contributed by atoms with van der Waals surface area (Å²) in [6, 6.07) is 13.5. The summed E-state index contributed by atoms with van der Waals surface area (Å²) in [6.45, 7) is 0. The van der Waals surface area contributed by atoms with Crippen LogP contribution in [0.2, 0.25) is 0 Å². The lowest BCUT2D eigenvalue weighted by molar-refractivity contribution is 0.0599. The molecular weight excluding hydrogens is 380 g/mol. The van der Waals surface area contributed by atoms with Gasteiger partial charge in [-0.15, -0.1) is 11.3 Å². The average Bonchev–Trinajstić information content (AvgIpc) is 3.23. The number of methoxy groups -OCH3 is 2. The fourth-order valence-corrected chi connectivity index (χ4v) is 3.27. The number of carbonyl (C=O) groups excluding carboxylic acids is 3. The third kappa shape index (κ3) is 4.07. The molecule has 0 unspecified atom stereocenters. The molecule has 28 heavy (non-hydrogen) atoms. The number of amides is 1. The first-order valence-corrected chi connectivity index (χ1v) is 9.03. The van der Waals surface area contributed by atoms with E-state index in [1.165, 1.54) is 43.8 Å². The molecule has 1 aromatic heterocycles. The fraction of sp³-hybridized carbons (Fsp3) is 0.100. The van der Waals surface area contributed by atoms with Crippen molar-refractivity contribution in [3.63, 3.8) is 0 Å². The monoisotopic (exact) mass is 396 g/mol. The maximum atomic E-state index is 12.8. The topological polar surface area (TPSA) is 94.6 Å². The molecular formula is C20H16N2O5S. The number of aromatic nitrogens is 1. The van der Waals surface area contributed by atoms with Gasteiger partial charge in [0.15, 0.2) is 0 Å². The lowest BCUT2D eigenvalue weighted by Gasteiger charge is -2.09. The van der Waals surface area contributed by atoms with Crippen molar-refractivity contribution in [2.45, 2.75) is 0 Å². The number of hydrogen-bond acceptors (Lipinski definition) is 7. The molecule has 142 valence electrons. The second kappa shape index (κ2) is 8.45. The molecule has 0 radical (unpaired) electrons. The molecule has 7 nitrogen and oxygen atoms in total. The van der Waals surface area contributed by atoms with Crippen molar-refractivity contribution in [2.24, 2.45) is 0 Å². The highest BCUT2D eigenvalue weighted by Gasteiger charge is 2.19. The van der Waals surface area contributed by atoms with Crippen LogP contribution in [-0.2, 0) is 9.47 Å². The summed E-state index contributed by atoms with van der Waals surface area (Å²) in [5.74, 6) is -1.67. The van der Waals surface area contributed by atoms with Crippen LogP contribution in [0.15, 0.2) is 54.0 Å². The maximum absolute atomic E-state index is 12.8. The van der Waals surface area contributed by atoms with Crippen LogP contribution in [0, 0.1) is 0 Å². The fourth-order valence-electron chi connectivity index (χ4n) is 2.57. The molecule has 1 amide bonds. The Labute approximate surface area is 164 Å². The highest BCUT2D eigenvalue weighted by molar-refractivity contribution is 7.12. The number of hydrogen-bond donors (Lipinski definition) is 1. The SMILES string of the molecule is COC(=O)c1cc(NC(=O)c2scnc2-c2ccccc2)cc(C(=O)OC)c1. The molecule has 1 heterocycles. The molecule has 0 aliphatic heterocycles. The summed E-state index contributed by atoms with van der Waals surface area (Å²) < 4.78 is 9.40. The molecule has 0 aliphatic carbocycles. The zero-order valence-corrected chi connectivity index (χ0v) is 15.9. The Morgan fingerprint density at radius 1 is 0.929 bits per heavy atom. The second-order valence-corrected chi connectivity index (χ2v) is 6.49. The number of carbonyl (C=O) groups is 3. The van der Waals surface area contributed by atoms with Gasteiger partial charge in [-0.3, -0.25) is 4.79 Å². The van der Waals surface area contributed by atoms with Gasteiger partial charge in [0.1, 0.15) is 4.88 Å². The van der Waals surface area contributed by atoms with Crippen molar-refractivity contribution in [3.8, 4) is 11.3 Å². The standard InChI is InChI=1S/C20H16N2O5S/c1-26-19(24)13-8-14(20(25)27-2)10-15(9-13)22-18(23)17-16(21-11-28-17)12-6-4-3-5-7-12/h3-11H,1-2H3,(H,22,23). The first kappa shape index (κ1) is 19.2. The lowest BCUT2D eigenvalue weighted by atomic mass is 10.1. The Kier molecular flexibility index (Phi) is 5.81. The minimum atomic E-state index is -0.635. The van der Waals surface area contributed by atoms with Crippen molar-refractivity contribution >= 4 is 34.9 Å². The summed E-state index contributed by atoms with van der Waals surface area (Å²) in [4.78, 5) is 41.3. The van der Waals surface area contributed by atoms with E-state index in [1.807, 2.05) is 30.3 Å². The lowest BCUT2D eigenvalue weighted by Crippen LogP contribution is -2.14. The van der Waals surface area contributed by atoms with Crippen molar-refractivity contribution in [3.05, 3.63) is 70.0 Å². The molecule has 0 fully saturated rings. The van der Waals surface area contributed by atoms with Crippen molar-refractivity contribution in [2.75, 3.05) is 19.5 Å². The molecule has 0 bridgehead atoms. The van der Waals surface area contributed by atoms with E-state index >= 15 is 0 Å². The minimum Gasteiger partial charge on any atom is -0.465 e. The average molecular weight is 396 g/mol. The number of rotatable bonds is 5. The van der Waals surface area contributed by atoms with Crippen LogP contribution in [0.5, 0.6) is 0 Å². The Balaban J connectivity index is 1.94. The van der Waals surface area contributed by atoms with Gasteiger partial charge in [0, 0.05) is 11.3 Å². The van der Waals surface area contributed by atoms with E-state index in [1.54, 1.807) is 5.51 Å². The molecule has 8 heteroatoms. The number of esters is 2. The van der Waals surface area contributed by atoms with E-state index < -0.39 is 17.8 Å². The second-order valence-electron chi connectivity index (χ2n) is 5.63. The molecule has 1 N–H and O–H groups in total. The third-order valence-corrected chi connectivity index (χ3v) is 4.68. The molecule has 0 saturated carbocycles. The molecule has 0 atom stereocenters. The quantitative estimate of drug-likeness (QED) is 0.662. The first-order valence-electron chi connectivity index (χ1n) is 8.15. The van der Waals surface area contributed by atoms with Crippen molar-refractivity contribution < 1.29 is 23.9 Å². The molecule has 3 rings (SSSR count). The molecule has 3 aromatic rings. The van der Waals surface area contributed by atoms with Gasteiger partial charge in [-0.05, 0) is 18.2 Å². The van der Waals surface area contributed by atoms with E-state index in [2.05, 4.69) is 10.3 Å². The smallest absolute Gasteiger partial charge is 0.337 e. The summed E-state index contributed by atoms with van der Waals surface area (Å²) in [7, 11) is 2.46. The Bertz CT molecular complexity index is 996. The normalized spacial score (nSPS) is 10.2. The predicted molar refractivity (Wildman–Crippen MR) is 105 cm³/mol. The minimum absolute atomic E-state index is 0.119. The highest BCUT2D eigenvalue weighted by Crippen LogP contribution is 2.26. The number of anilines is 1. The highest BCUT2D eigenvalue weighted by atomic mass is 32.1. The third-order valence-electron chi connectivity index (χ3n) is 3.85. The van der Waals surface area contributed by atoms with Crippen LogP contribution in [-0.4, -0.2) is 37.0 Å². The number of benzene rings is 2. The van der Waals surface area contributed by atoms with Gasteiger partial charge in [0.2, 0.25) is 0 Å². The summed E-state index contributed by atoms with van der Waals surface area (Å²) >= 11 is 1.20. The van der Waals surface area contributed by atoms with Crippen LogP contribution in [0.4, 0.5) is 5.69 Å². The predicted octanol–water partition coefficient (Wildman–Crippen LogP) is 3.64. The number of nitrogens with zero attached hydrogens (tertiary/aromatic N) is 1. The molecule has 0 spiro atoms. The van der Waals surface area contributed by atoms with E-state index in [-0.39, 0.29) is 16.8 Å². The van der Waals surface area contributed by atoms with Crippen LogP contribution in [0.25, 0.3) is 11.3 Å². The maximum Gasteiger partial charge on any atom is 0.337 e. The van der Waals surface area contributed by atoms with Crippen molar-refractivity contribution in [1.82, 2.24) is 4.98 Å². The van der Waals surface area contributed by atoms with Gasteiger partial charge in [-0.25, -0.2) is 14.6 Å². The zero-order chi connectivity index (χ0) is 20.1. The summed E-state index contributed by atoms with van der Waals surface area (Å²) in [5.41, 5.74) is 3.46. The van der Waals surface area contributed by atoms with E-state index in [9.17, 15) is 14.4 Å². The molecule has 0 saturated heterocycles. The molecule has 0 aliphatic rings. The van der Waals surface area contributed by atoms with Gasteiger partial charge >= 0.3 is 11.9 Å². The van der Waals surface area contributed by atoms with Gasteiger partial charge in [-0.2, -0.15) is 0 Å². The van der Waals surface area contributed by atoms with E-state index in [4.69, 9.17) is 9.47 Å². The van der Waals surface area contributed by atoms with Gasteiger partial charge < -0.3 is 14.8 Å². The van der Waals surface area contributed by atoms with Crippen LogP contribution in [0.3, 0.4) is 0 Å². The van der Waals surface area contributed by atoms with Gasteiger partial charge in [0.25, 0.3) is 5.91 Å². The Morgan fingerprint density at radius 3 is 2.11 bits per heavy atom. The number of thiazole rings is 1. The Hall–Kier alpha value is -3.52. The number of ether oxygens (including phenoxy) is 2. The van der Waals surface area contributed by atoms with E-state index in [0.717, 1.165) is 5.56 Å². The zero-order valence-electron chi connectivity index (χ0n) is 15.1. The van der Waals surface area contributed by atoms with E-state index in [0.29, 0.717) is 10.6 Å². The van der Waals surface area contributed by atoms with Crippen LogP contribution < -0.4 is 5.32 Å². The Morgan fingerprint density at radius 2 is 1.54 bits per heavy atom. The van der Waals surface area contributed by atoms with Crippen LogP contribution >= 0.6 is 11.3 Å². The largest absolute Gasteiger partial charge is 0.465 e. The van der Waals surface area contributed by atoms with Gasteiger partial charge in [-0.1, -0.05) is 30.3 Å². The van der Waals surface area contributed by atoms with Gasteiger partial charge in [0.05, 0.1) is 36.6 Å². The summed E-state index contributed by atoms with van der Waals surface area (Å²) in [6.07, 6.45) is 0. The molecule has 2 aromatic carbocycles. The van der Waals surface area contributed by atoms with Crippen LogP contribution in [0.1, 0.15) is 30.4 Å². The number of nitrogens with one attached hydrogen (secondary N) is 1. The summed E-state index contributed by atoms with van der Waals surface area (Å²) in [5, 5.41) is 2.71. The van der Waals surface area contributed by atoms with Crippen molar-refractivity contribution in [1.29, 1.82) is 0 Å².